The van der Waals surface area contributed by atoms with E-state index in [9.17, 15) is 4.79 Å². The topological polar surface area (TPSA) is 29.4 Å². The highest BCUT2D eigenvalue weighted by Crippen LogP contribution is 2.11. The predicted molar refractivity (Wildman–Crippen MR) is 43.7 cm³/mol. The van der Waals surface area contributed by atoms with Crippen LogP contribution in [0, 0.1) is 6.42 Å². The van der Waals surface area contributed by atoms with Gasteiger partial charge in [0.15, 0.2) is 0 Å². The van der Waals surface area contributed by atoms with Crippen molar-refractivity contribution in [3.8, 4) is 0 Å². The molecule has 0 aromatic carbocycles. The second-order valence-corrected chi connectivity index (χ2v) is 2.34. The number of nitrogens with zero attached hydrogens (tertiary/aromatic N) is 1. The van der Waals surface area contributed by atoms with Crippen molar-refractivity contribution in [2.45, 2.75) is 12.8 Å². The normalized spacial score (nSPS) is 15.5. The van der Waals surface area contributed by atoms with Gasteiger partial charge in [-0.2, -0.15) is 0 Å². The summed E-state index contributed by atoms with van der Waals surface area (Å²) >= 11 is 0. The third-order valence-corrected chi connectivity index (χ3v) is 1.51. The number of isocyanates is 1. The van der Waals surface area contributed by atoms with Gasteiger partial charge in [-0.15, -0.1) is 0 Å². The minimum atomic E-state index is 0.549. The molecule has 1 rings (SSSR count). The van der Waals surface area contributed by atoms with Crippen molar-refractivity contribution in [2.24, 2.45) is 4.99 Å². The van der Waals surface area contributed by atoms with Crippen molar-refractivity contribution in [3.05, 3.63) is 30.2 Å². The fraction of sp³-hybridized carbons (Fsp3) is 0.333. The van der Waals surface area contributed by atoms with Crippen LogP contribution < -0.4 is 0 Å². The average Bonchev–Trinajstić information content (AvgIpc) is 2.07. The Morgan fingerprint density at radius 1 is 1.64 bits per heavy atom. The molecule has 0 bridgehead atoms. The molecule has 0 atom stereocenters. The van der Waals surface area contributed by atoms with Crippen LogP contribution in [0.3, 0.4) is 0 Å². The summed E-state index contributed by atoms with van der Waals surface area (Å²) in [6.07, 6.45) is 11.7. The molecule has 0 amide bonds. The molecular formula is C9H10NO. The second-order valence-electron chi connectivity index (χ2n) is 2.34. The van der Waals surface area contributed by atoms with Crippen LogP contribution in [0.25, 0.3) is 0 Å². The first-order valence-electron chi connectivity index (χ1n) is 3.66. The van der Waals surface area contributed by atoms with Gasteiger partial charge in [0.25, 0.3) is 0 Å². The smallest absolute Gasteiger partial charge is 0.211 e. The molecule has 2 nitrogen and oxygen atoms in total. The van der Waals surface area contributed by atoms with Crippen LogP contribution in [0.1, 0.15) is 12.8 Å². The van der Waals surface area contributed by atoms with Crippen molar-refractivity contribution in [3.63, 3.8) is 0 Å². The molecule has 1 aliphatic carbocycles. The predicted octanol–water partition coefficient (Wildman–Crippen LogP) is 1.80. The zero-order valence-electron chi connectivity index (χ0n) is 6.29. The van der Waals surface area contributed by atoms with Gasteiger partial charge in [-0.25, -0.2) is 9.79 Å². The largest absolute Gasteiger partial charge is 0.234 e. The average molecular weight is 148 g/mol. The SMILES string of the molecule is O=C=NCCC1=C[CH]CC=C1. The van der Waals surface area contributed by atoms with E-state index < -0.39 is 0 Å². The summed E-state index contributed by atoms with van der Waals surface area (Å²) in [5.41, 5.74) is 1.23. The summed E-state index contributed by atoms with van der Waals surface area (Å²) in [5, 5.41) is 0. The summed E-state index contributed by atoms with van der Waals surface area (Å²) in [6, 6.07) is 0. The lowest BCUT2D eigenvalue weighted by Gasteiger charge is -2.02. The first-order valence-corrected chi connectivity index (χ1v) is 3.66. The molecule has 0 unspecified atom stereocenters. The van der Waals surface area contributed by atoms with Crippen LogP contribution >= 0.6 is 0 Å². The molecule has 0 saturated carbocycles. The summed E-state index contributed by atoms with van der Waals surface area (Å²) in [6.45, 7) is 0.549. The number of rotatable bonds is 3. The molecular weight excluding hydrogens is 138 g/mol. The maximum absolute atomic E-state index is 9.71. The molecule has 0 fully saturated rings. The molecule has 0 aromatic rings. The number of allylic oxidation sites excluding steroid dienone is 3. The van der Waals surface area contributed by atoms with E-state index in [1.54, 1.807) is 0 Å². The van der Waals surface area contributed by atoms with Gasteiger partial charge < -0.3 is 0 Å². The Morgan fingerprint density at radius 2 is 2.55 bits per heavy atom. The van der Waals surface area contributed by atoms with Gasteiger partial charge in [-0.3, -0.25) is 0 Å². The van der Waals surface area contributed by atoms with Gasteiger partial charge >= 0.3 is 0 Å². The molecule has 0 heterocycles. The van der Waals surface area contributed by atoms with Gasteiger partial charge in [0.1, 0.15) is 0 Å². The Labute approximate surface area is 66.3 Å². The monoisotopic (exact) mass is 148 g/mol. The van der Waals surface area contributed by atoms with Gasteiger partial charge in [0, 0.05) is 0 Å². The van der Waals surface area contributed by atoms with Crippen LogP contribution in [0.2, 0.25) is 0 Å². The summed E-state index contributed by atoms with van der Waals surface area (Å²) < 4.78 is 0. The Kier molecular flexibility index (Phi) is 3.36. The number of carbonyl (C=O) groups excluding carboxylic acids is 1. The minimum absolute atomic E-state index is 0.549. The second kappa shape index (κ2) is 4.64. The molecule has 0 aliphatic heterocycles. The lowest BCUT2D eigenvalue weighted by molar-refractivity contribution is 0.563. The Bertz CT molecular complexity index is 222. The fourth-order valence-corrected chi connectivity index (χ4v) is 0.970. The van der Waals surface area contributed by atoms with Crippen molar-refractivity contribution in [2.75, 3.05) is 6.54 Å². The van der Waals surface area contributed by atoms with Gasteiger partial charge in [-0.05, 0) is 19.3 Å². The molecule has 1 aliphatic rings. The van der Waals surface area contributed by atoms with Gasteiger partial charge in [-0.1, -0.05) is 23.8 Å². The summed E-state index contributed by atoms with van der Waals surface area (Å²) in [7, 11) is 0. The lowest BCUT2D eigenvalue weighted by atomic mass is 10.0. The zero-order valence-corrected chi connectivity index (χ0v) is 6.29. The molecule has 0 saturated heterocycles. The maximum atomic E-state index is 9.71. The molecule has 1 radical (unpaired) electrons. The quantitative estimate of drug-likeness (QED) is 0.443. The zero-order chi connectivity index (χ0) is 7.94. The minimum Gasteiger partial charge on any atom is -0.211 e. The highest BCUT2D eigenvalue weighted by molar-refractivity contribution is 5.33. The van der Waals surface area contributed by atoms with E-state index in [1.807, 2.05) is 0 Å². The van der Waals surface area contributed by atoms with E-state index in [0.29, 0.717) is 6.54 Å². The van der Waals surface area contributed by atoms with Crippen molar-refractivity contribution in [1.29, 1.82) is 0 Å². The van der Waals surface area contributed by atoms with Crippen LogP contribution in [0.15, 0.2) is 28.8 Å². The molecule has 0 N–H and O–H groups in total. The third-order valence-electron chi connectivity index (χ3n) is 1.51. The van der Waals surface area contributed by atoms with Crippen molar-refractivity contribution >= 4 is 6.08 Å². The standard InChI is InChI=1S/C9H10NO/c11-8-10-7-6-9-4-2-1-3-5-9/h2-5H,1,6-7H2. The van der Waals surface area contributed by atoms with Crippen molar-refractivity contribution in [1.82, 2.24) is 0 Å². The van der Waals surface area contributed by atoms with Gasteiger partial charge in [0.05, 0.1) is 6.54 Å². The van der Waals surface area contributed by atoms with Crippen molar-refractivity contribution < 1.29 is 4.79 Å². The molecule has 2 heteroatoms. The molecule has 0 spiro atoms. The highest BCUT2D eigenvalue weighted by atomic mass is 16.1. The summed E-state index contributed by atoms with van der Waals surface area (Å²) in [5.74, 6) is 0. The van der Waals surface area contributed by atoms with E-state index in [-0.39, 0.29) is 0 Å². The number of hydrogen-bond acceptors (Lipinski definition) is 2. The van der Waals surface area contributed by atoms with E-state index in [1.165, 1.54) is 11.7 Å². The number of aliphatic imine (C=N–C) groups is 1. The van der Waals surface area contributed by atoms with Gasteiger partial charge in [0.2, 0.25) is 6.08 Å². The Morgan fingerprint density at radius 3 is 3.18 bits per heavy atom. The van der Waals surface area contributed by atoms with Crippen LogP contribution in [0.4, 0.5) is 0 Å². The summed E-state index contributed by atoms with van der Waals surface area (Å²) in [4.78, 5) is 13.2. The lowest BCUT2D eigenvalue weighted by Crippen LogP contribution is -1.88. The number of hydrogen-bond donors (Lipinski definition) is 0. The first kappa shape index (κ1) is 7.96. The van der Waals surface area contributed by atoms with Crippen LogP contribution in [0.5, 0.6) is 0 Å². The van der Waals surface area contributed by atoms with Crippen LogP contribution in [-0.2, 0) is 4.79 Å². The first-order chi connectivity index (χ1) is 5.43. The Hall–Kier alpha value is -1.14. The van der Waals surface area contributed by atoms with E-state index in [0.717, 1.165) is 12.8 Å². The molecule has 11 heavy (non-hydrogen) atoms. The fourth-order valence-electron chi connectivity index (χ4n) is 0.970. The van der Waals surface area contributed by atoms with E-state index in [2.05, 4.69) is 29.6 Å². The molecule has 0 aromatic heterocycles. The highest BCUT2D eigenvalue weighted by Gasteiger charge is 1.95. The third kappa shape index (κ3) is 2.96. The maximum Gasteiger partial charge on any atom is 0.234 e. The Balaban J connectivity index is 2.30. The van der Waals surface area contributed by atoms with Crippen LogP contribution in [-0.4, -0.2) is 12.6 Å². The molecule has 57 valence electrons. The van der Waals surface area contributed by atoms with E-state index >= 15 is 0 Å². The van der Waals surface area contributed by atoms with E-state index in [4.69, 9.17) is 0 Å².